The van der Waals surface area contributed by atoms with Crippen LogP contribution in [-0.2, 0) is 24.0 Å². The molecule has 4 amide bonds. The van der Waals surface area contributed by atoms with Gasteiger partial charge in [-0.3, -0.25) is 19.2 Å². The predicted octanol–water partition coefficient (Wildman–Crippen LogP) is -4.13. The van der Waals surface area contributed by atoms with Crippen molar-refractivity contribution in [2.24, 2.45) is 17.2 Å². The lowest BCUT2D eigenvalue weighted by atomic mass is 10.1. The van der Waals surface area contributed by atoms with E-state index in [1.165, 1.54) is 6.92 Å². The molecule has 0 spiro atoms. The van der Waals surface area contributed by atoms with Crippen LogP contribution >= 0.6 is 0 Å². The molecule has 13 heteroatoms. The Balaban J connectivity index is 4.79. The quantitative estimate of drug-likeness (QED) is 0.128. The molecule has 29 heavy (non-hydrogen) atoms. The molecule has 0 aromatic heterocycles. The van der Waals surface area contributed by atoms with E-state index in [0.29, 0.717) is 19.4 Å². The molecule has 11 N–H and O–H groups in total. The normalized spacial score (nSPS) is 14.8. The lowest BCUT2D eigenvalue weighted by Gasteiger charge is -2.21. The Kier molecular flexibility index (Phi) is 12.1. The molecule has 0 fully saturated rings. The number of carbonyl (C=O) groups is 5. The molecule has 0 aromatic rings. The van der Waals surface area contributed by atoms with Crippen molar-refractivity contribution in [1.82, 2.24) is 16.0 Å². The van der Waals surface area contributed by atoms with E-state index in [-0.39, 0.29) is 6.42 Å². The molecular formula is C16H30N6O7. The Hall–Kier alpha value is -2.77. The maximum absolute atomic E-state index is 12.2. The number of carbonyl (C=O) groups excluding carboxylic acids is 4. The summed E-state index contributed by atoms with van der Waals surface area (Å²) in [4.78, 5) is 58.3. The first kappa shape index (κ1) is 26.2. The maximum Gasteiger partial charge on any atom is 0.326 e. The summed E-state index contributed by atoms with van der Waals surface area (Å²) >= 11 is 0. The van der Waals surface area contributed by atoms with Crippen LogP contribution in [0.1, 0.15) is 32.6 Å². The Morgan fingerprint density at radius 1 is 1.00 bits per heavy atom. The maximum atomic E-state index is 12.2. The van der Waals surface area contributed by atoms with Crippen molar-refractivity contribution in [2.45, 2.75) is 56.8 Å². The molecule has 0 saturated heterocycles. The largest absolute Gasteiger partial charge is 0.480 e. The number of nitrogens with one attached hydrogen (secondary N) is 3. The Morgan fingerprint density at radius 3 is 2.10 bits per heavy atom. The monoisotopic (exact) mass is 418 g/mol. The minimum absolute atomic E-state index is 0.170. The number of hydrogen-bond acceptors (Lipinski definition) is 8. The van der Waals surface area contributed by atoms with Crippen LogP contribution in [0, 0.1) is 0 Å². The summed E-state index contributed by atoms with van der Waals surface area (Å²) in [5.74, 6) is -4.70. The fourth-order valence-electron chi connectivity index (χ4n) is 2.18. The Bertz CT molecular complexity index is 598. The van der Waals surface area contributed by atoms with Crippen molar-refractivity contribution in [1.29, 1.82) is 0 Å². The average Bonchev–Trinajstić information content (AvgIpc) is 2.63. The van der Waals surface area contributed by atoms with E-state index in [9.17, 15) is 29.1 Å². The van der Waals surface area contributed by atoms with Gasteiger partial charge in [-0.15, -0.1) is 0 Å². The number of aliphatic carboxylic acids is 1. The number of carboxylic acid groups (broad SMARTS) is 1. The van der Waals surface area contributed by atoms with Gasteiger partial charge in [0.25, 0.3) is 0 Å². The lowest BCUT2D eigenvalue weighted by molar-refractivity contribution is -0.142. The van der Waals surface area contributed by atoms with E-state index in [1.807, 2.05) is 0 Å². The number of aliphatic hydroxyl groups excluding tert-OH is 1. The third-order valence-electron chi connectivity index (χ3n) is 3.86. The van der Waals surface area contributed by atoms with Crippen LogP contribution in [0.5, 0.6) is 0 Å². The minimum Gasteiger partial charge on any atom is -0.480 e. The first-order valence-electron chi connectivity index (χ1n) is 9.01. The topological polar surface area (TPSA) is 240 Å². The first-order valence-corrected chi connectivity index (χ1v) is 9.01. The molecule has 4 atom stereocenters. The molecule has 0 radical (unpaired) electrons. The van der Waals surface area contributed by atoms with Crippen molar-refractivity contribution >= 4 is 29.6 Å². The molecule has 0 aliphatic heterocycles. The average molecular weight is 418 g/mol. The number of hydrogen-bond donors (Lipinski definition) is 8. The Labute approximate surface area is 167 Å². The lowest BCUT2D eigenvalue weighted by Crippen LogP contribution is -2.56. The summed E-state index contributed by atoms with van der Waals surface area (Å²) in [5.41, 5.74) is 15.8. The third kappa shape index (κ3) is 11.0. The van der Waals surface area contributed by atoms with Gasteiger partial charge in [-0.1, -0.05) is 0 Å². The van der Waals surface area contributed by atoms with Gasteiger partial charge in [0.1, 0.15) is 18.1 Å². The zero-order valence-corrected chi connectivity index (χ0v) is 16.2. The second-order valence-corrected chi connectivity index (χ2v) is 6.46. The molecule has 4 unspecified atom stereocenters. The number of unbranched alkanes of at least 4 members (excludes halogenated alkanes) is 1. The van der Waals surface area contributed by atoms with E-state index in [4.69, 9.17) is 22.3 Å². The van der Waals surface area contributed by atoms with Gasteiger partial charge in [-0.25, -0.2) is 4.79 Å². The number of rotatable bonds is 14. The van der Waals surface area contributed by atoms with Gasteiger partial charge in [0, 0.05) is 0 Å². The van der Waals surface area contributed by atoms with Crippen LogP contribution in [0.2, 0.25) is 0 Å². The molecular weight excluding hydrogens is 388 g/mol. The van der Waals surface area contributed by atoms with Crippen LogP contribution < -0.4 is 33.2 Å². The van der Waals surface area contributed by atoms with E-state index >= 15 is 0 Å². The summed E-state index contributed by atoms with van der Waals surface area (Å²) in [6, 6.07) is -3.90. The van der Waals surface area contributed by atoms with E-state index in [2.05, 4.69) is 16.0 Å². The highest BCUT2D eigenvalue weighted by atomic mass is 16.4. The van der Waals surface area contributed by atoms with Crippen LogP contribution in [0.4, 0.5) is 0 Å². The predicted molar refractivity (Wildman–Crippen MR) is 101 cm³/mol. The summed E-state index contributed by atoms with van der Waals surface area (Å²) < 4.78 is 0. The van der Waals surface area contributed by atoms with Crippen molar-refractivity contribution < 1.29 is 34.2 Å². The van der Waals surface area contributed by atoms with Gasteiger partial charge in [0.05, 0.1) is 19.1 Å². The minimum atomic E-state index is -1.42. The van der Waals surface area contributed by atoms with Crippen LogP contribution in [-0.4, -0.2) is 77.1 Å². The highest BCUT2D eigenvalue weighted by Crippen LogP contribution is 2.01. The summed E-state index contributed by atoms with van der Waals surface area (Å²) in [6.45, 7) is 1.07. The van der Waals surface area contributed by atoms with Gasteiger partial charge in [-0.2, -0.15) is 0 Å². The molecule has 0 aromatic carbocycles. The highest BCUT2D eigenvalue weighted by molar-refractivity contribution is 5.95. The van der Waals surface area contributed by atoms with E-state index in [0.717, 1.165) is 0 Å². The number of nitrogens with two attached hydrogens (primary N) is 3. The zero-order chi connectivity index (χ0) is 22.6. The van der Waals surface area contributed by atoms with Crippen molar-refractivity contribution in [3.8, 4) is 0 Å². The second-order valence-electron chi connectivity index (χ2n) is 6.46. The van der Waals surface area contributed by atoms with Crippen molar-refractivity contribution in [3.63, 3.8) is 0 Å². The number of amides is 4. The first-order chi connectivity index (χ1) is 13.5. The van der Waals surface area contributed by atoms with Gasteiger partial charge >= 0.3 is 5.97 Å². The number of carboxylic acids is 1. The molecule has 0 aliphatic carbocycles. The second kappa shape index (κ2) is 13.4. The molecule has 13 nitrogen and oxygen atoms in total. The molecule has 0 heterocycles. The van der Waals surface area contributed by atoms with E-state index < -0.39 is 66.8 Å². The molecule has 166 valence electrons. The third-order valence-corrected chi connectivity index (χ3v) is 3.86. The van der Waals surface area contributed by atoms with Crippen molar-refractivity contribution in [2.75, 3.05) is 13.1 Å². The van der Waals surface area contributed by atoms with Gasteiger partial charge in [0.15, 0.2) is 0 Å². The zero-order valence-electron chi connectivity index (χ0n) is 16.2. The van der Waals surface area contributed by atoms with E-state index in [1.54, 1.807) is 0 Å². The van der Waals surface area contributed by atoms with Crippen molar-refractivity contribution in [3.05, 3.63) is 0 Å². The van der Waals surface area contributed by atoms with Gasteiger partial charge < -0.3 is 43.4 Å². The fraction of sp³-hybridized carbons (Fsp3) is 0.688. The Morgan fingerprint density at radius 2 is 1.62 bits per heavy atom. The standard InChI is InChI=1S/C16H30N6O7/c1-8(23)13(19)15(27)22-10(6-11(18)24)14(26)20-7-12(25)21-9(16(28)29)4-2-3-5-17/h8-10,13,23H,2-7,17,19H2,1H3,(H2,18,24)(H,20,26)(H,21,25)(H,22,27)(H,28,29). The van der Waals surface area contributed by atoms with Gasteiger partial charge in [-0.05, 0) is 32.7 Å². The molecule has 0 aliphatic rings. The SMILES string of the molecule is CC(O)C(N)C(=O)NC(CC(N)=O)C(=O)NCC(=O)NC(CCCCN)C(=O)O. The fourth-order valence-corrected chi connectivity index (χ4v) is 2.18. The summed E-state index contributed by atoms with van der Waals surface area (Å²) in [7, 11) is 0. The molecule has 0 saturated carbocycles. The summed E-state index contributed by atoms with van der Waals surface area (Å²) in [6.07, 6.45) is -0.507. The highest BCUT2D eigenvalue weighted by Gasteiger charge is 2.28. The molecule has 0 bridgehead atoms. The van der Waals surface area contributed by atoms with Crippen LogP contribution in [0.15, 0.2) is 0 Å². The van der Waals surface area contributed by atoms with Crippen LogP contribution in [0.3, 0.4) is 0 Å². The number of primary amides is 1. The number of aliphatic hydroxyl groups is 1. The summed E-state index contributed by atoms with van der Waals surface area (Å²) in [5, 5.41) is 25.1. The smallest absolute Gasteiger partial charge is 0.326 e. The van der Waals surface area contributed by atoms with Crippen LogP contribution in [0.25, 0.3) is 0 Å². The van der Waals surface area contributed by atoms with Gasteiger partial charge in [0.2, 0.25) is 23.6 Å². The molecule has 0 rings (SSSR count).